The first-order valence-electron chi connectivity index (χ1n) is 4.72. The number of aryl methyl sites for hydroxylation is 1. The van der Waals surface area contributed by atoms with Crippen molar-refractivity contribution in [3.8, 4) is 0 Å². The highest BCUT2D eigenvalue weighted by atomic mass is 79.9. The zero-order chi connectivity index (χ0) is 11.7. The third-order valence-corrected chi connectivity index (χ3v) is 3.75. The summed E-state index contributed by atoms with van der Waals surface area (Å²) in [5, 5.41) is 0.530. The maximum Gasteiger partial charge on any atom is 0.180 e. The molecule has 0 aliphatic carbocycles. The standard InChI is InChI=1S/C11H10BrFN2S/c1-6-10(16-11(14)15-6)5-7-4-8(12)2-3-9(7)13/h2-4H,5H2,1H3,(H2,14,15). The largest absolute Gasteiger partial charge is 0.375 e. The molecule has 1 aromatic carbocycles. The normalized spacial score (nSPS) is 10.7. The molecule has 5 heteroatoms. The fourth-order valence-electron chi connectivity index (χ4n) is 1.47. The van der Waals surface area contributed by atoms with Gasteiger partial charge in [-0.25, -0.2) is 9.37 Å². The number of halogens is 2. The van der Waals surface area contributed by atoms with Gasteiger partial charge < -0.3 is 5.73 Å². The molecule has 0 fully saturated rings. The first-order chi connectivity index (χ1) is 7.56. The summed E-state index contributed by atoms with van der Waals surface area (Å²) in [6, 6.07) is 4.93. The Morgan fingerprint density at radius 3 is 2.88 bits per heavy atom. The van der Waals surface area contributed by atoms with Gasteiger partial charge in [0.15, 0.2) is 5.13 Å². The third kappa shape index (κ3) is 2.41. The number of rotatable bonds is 2. The minimum Gasteiger partial charge on any atom is -0.375 e. The lowest BCUT2D eigenvalue weighted by molar-refractivity contribution is 0.614. The van der Waals surface area contributed by atoms with Gasteiger partial charge in [-0.3, -0.25) is 0 Å². The summed E-state index contributed by atoms with van der Waals surface area (Å²) in [6.45, 7) is 1.89. The molecule has 16 heavy (non-hydrogen) atoms. The van der Waals surface area contributed by atoms with E-state index in [0.717, 1.165) is 15.0 Å². The van der Waals surface area contributed by atoms with Crippen molar-refractivity contribution < 1.29 is 4.39 Å². The van der Waals surface area contributed by atoms with E-state index in [-0.39, 0.29) is 5.82 Å². The van der Waals surface area contributed by atoms with Crippen LogP contribution in [0.15, 0.2) is 22.7 Å². The van der Waals surface area contributed by atoms with Gasteiger partial charge in [0.2, 0.25) is 0 Å². The number of thiazole rings is 1. The molecule has 0 unspecified atom stereocenters. The maximum absolute atomic E-state index is 13.5. The number of hydrogen-bond donors (Lipinski definition) is 1. The van der Waals surface area contributed by atoms with Gasteiger partial charge in [0.05, 0.1) is 5.69 Å². The highest BCUT2D eigenvalue weighted by molar-refractivity contribution is 9.10. The predicted molar refractivity (Wildman–Crippen MR) is 68.2 cm³/mol. The van der Waals surface area contributed by atoms with Gasteiger partial charge in [0, 0.05) is 15.8 Å². The monoisotopic (exact) mass is 300 g/mol. The second kappa shape index (κ2) is 4.51. The highest BCUT2D eigenvalue weighted by Gasteiger charge is 2.09. The molecule has 0 aliphatic heterocycles. The van der Waals surface area contributed by atoms with Gasteiger partial charge in [-0.05, 0) is 30.7 Å². The Hall–Kier alpha value is -0.940. The van der Waals surface area contributed by atoms with Gasteiger partial charge in [0.1, 0.15) is 5.82 Å². The molecule has 0 spiro atoms. The van der Waals surface area contributed by atoms with Crippen LogP contribution in [-0.4, -0.2) is 4.98 Å². The van der Waals surface area contributed by atoms with Crippen molar-refractivity contribution in [2.45, 2.75) is 13.3 Å². The van der Waals surface area contributed by atoms with Gasteiger partial charge in [-0.2, -0.15) is 0 Å². The molecule has 2 rings (SSSR count). The molecule has 84 valence electrons. The summed E-state index contributed by atoms with van der Waals surface area (Å²) in [5.41, 5.74) is 7.14. The molecule has 0 aliphatic rings. The summed E-state index contributed by atoms with van der Waals surface area (Å²) in [6.07, 6.45) is 0.534. The molecular formula is C11H10BrFN2S. The fraction of sp³-hybridized carbons (Fsp3) is 0.182. The van der Waals surface area contributed by atoms with Crippen molar-refractivity contribution in [3.63, 3.8) is 0 Å². The Labute approximate surface area is 105 Å². The van der Waals surface area contributed by atoms with Crippen molar-refractivity contribution in [3.05, 3.63) is 44.6 Å². The lowest BCUT2D eigenvalue weighted by atomic mass is 10.1. The molecule has 1 heterocycles. The number of aromatic nitrogens is 1. The summed E-state index contributed by atoms with van der Waals surface area (Å²) >= 11 is 4.74. The van der Waals surface area contributed by atoms with E-state index in [0.29, 0.717) is 17.1 Å². The van der Waals surface area contributed by atoms with E-state index in [1.165, 1.54) is 17.4 Å². The minimum absolute atomic E-state index is 0.199. The van der Waals surface area contributed by atoms with Gasteiger partial charge in [-0.1, -0.05) is 15.9 Å². The maximum atomic E-state index is 13.5. The van der Waals surface area contributed by atoms with Gasteiger partial charge >= 0.3 is 0 Å². The molecule has 0 saturated heterocycles. The summed E-state index contributed by atoms with van der Waals surface area (Å²) in [7, 11) is 0. The number of hydrogen-bond acceptors (Lipinski definition) is 3. The van der Waals surface area contributed by atoms with E-state index in [4.69, 9.17) is 5.73 Å². The smallest absolute Gasteiger partial charge is 0.180 e. The van der Waals surface area contributed by atoms with E-state index < -0.39 is 0 Å². The lowest BCUT2D eigenvalue weighted by Gasteiger charge is -2.02. The first kappa shape index (κ1) is 11.5. The fourth-order valence-corrected chi connectivity index (χ4v) is 2.73. The SMILES string of the molecule is Cc1nc(N)sc1Cc1cc(Br)ccc1F. The number of nitrogens with two attached hydrogens (primary N) is 1. The summed E-state index contributed by atoms with van der Waals surface area (Å²) in [4.78, 5) is 5.13. The molecule has 0 amide bonds. The number of nitrogen functional groups attached to an aromatic ring is 1. The van der Waals surface area contributed by atoms with Crippen molar-refractivity contribution in [2.24, 2.45) is 0 Å². The predicted octanol–water partition coefficient (Wildman–Crippen LogP) is 3.53. The van der Waals surface area contributed by atoms with E-state index >= 15 is 0 Å². The van der Waals surface area contributed by atoms with Crippen LogP contribution < -0.4 is 5.73 Å². The van der Waals surface area contributed by atoms with Crippen LogP contribution in [0.25, 0.3) is 0 Å². The average molecular weight is 301 g/mol. The van der Waals surface area contributed by atoms with Crippen LogP contribution in [0, 0.1) is 12.7 Å². The molecule has 0 saturated carbocycles. The molecule has 2 aromatic rings. The Morgan fingerprint density at radius 2 is 2.25 bits per heavy atom. The highest BCUT2D eigenvalue weighted by Crippen LogP contribution is 2.25. The quantitative estimate of drug-likeness (QED) is 0.921. The Morgan fingerprint density at radius 1 is 1.50 bits per heavy atom. The Kier molecular flexibility index (Phi) is 3.25. The zero-order valence-electron chi connectivity index (χ0n) is 8.63. The van der Waals surface area contributed by atoms with Crippen LogP contribution in [0.3, 0.4) is 0 Å². The van der Waals surface area contributed by atoms with Crippen LogP contribution >= 0.6 is 27.3 Å². The minimum atomic E-state index is -0.199. The molecule has 2 nitrogen and oxygen atoms in total. The van der Waals surface area contributed by atoms with Crippen LogP contribution in [0.4, 0.5) is 9.52 Å². The lowest BCUT2D eigenvalue weighted by Crippen LogP contribution is -1.92. The zero-order valence-corrected chi connectivity index (χ0v) is 11.0. The van der Waals surface area contributed by atoms with Crippen LogP contribution in [-0.2, 0) is 6.42 Å². The molecule has 1 aromatic heterocycles. The third-order valence-electron chi connectivity index (χ3n) is 2.27. The Bertz CT molecular complexity index is 525. The number of benzene rings is 1. The van der Waals surface area contributed by atoms with E-state index in [1.54, 1.807) is 12.1 Å². The number of anilines is 1. The summed E-state index contributed by atoms with van der Waals surface area (Å²) in [5.74, 6) is -0.199. The van der Waals surface area contributed by atoms with Crippen LogP contribution in [0.2, 0.25) is 0 Å². The molecule has 0 atom stereocenters. The van der Waals surface area contributed by atoms with Crippen LogP contribution in [0.1, 0.15) is 16.1 Å². The van der Waals surface area contributed by atoms with Crippen molar-refractivity contribution >= 4 is 32.4 Å². The topological polar surface area (TPSA) is 38.9 Å². The first-order valence-corrected chi connectivity index (χ1v) is 6.33. The van der Waals surface area contributed by atoms with Crippen molar-refractivity contribution in [2.75, 3.05) is 5.73 Å². The van der Waals surface area contributed by atoms with E-state index in [2.05, 4.69) is 20.9 Å². The second-order valence-corrected chi connectivity index (χ2v) is 5.50. The Balaban J connectivity index is 2.33. The summed E-state index contributed by atoms with van der Waals surface area (Å²) < 4.78 is 14.4. The average Bonchev–Trinajstić information content (AvgIpc) is 2.51. The molecule has 0 bridgehead atoms. The van der Waals surface area contributed by atoms with Crippen LogP contribution in [0.5, 0.6) is 0 Å². The molecule has 2 N–H and O–H groups in total. The van der Waals surface area contributed by atoms with E-state index in [1.807, 2.05) is 6.92 Å². The molecular weight excluding hydrogens is 291 g/mol. The van der Waals surface area contributed by atoms with Crippen molar-refractivity contribution in [1.29, 1.82) is 0 Å². The van der Waals surface area contributed by atoms with Gasteiger partial charge in [-0.15, -0.1) is 11.3 Å². The number of nitrogens with zero attached hydrogens (tertiary/aromatic N) is 1. The van der Waals surface area contributed by atoms with Gasteiger partial charge in [0.25, 0.3) is 0 Å². The second-order valence-electron chi connectivity index (χ2n) is 3.47. The molecule has 0 radical (unpaired) electrons. The van der Waals surface area contributed by atoms with E-state index in [9.17, 15) is 4.39 Å². The van der Waals surface area contributed by atoms with Crippen molar-refractivity contribution in [1.82, 2.24) is 4.98 Å².